The maximum Gasteiger partial charge on any atom is 0.104 e. The van der Waals surface area contributed by atoms with Gasteiger partial charge in [-0.3, -0.25) is 0 Å². The molecule has 18 heteroatoms. The first kappa shape index (κ1) is 41.7. The van der Waals surface area contributed by atoms with E-state index in [0.29, 0.717) is 144 Å². The molecule has 8 rings (SSSR count). The largest absolute Gasteiger partial charge is 0.352 e. The molecular formula is C37H12Br8Cl6N4. The summed E-state index contributed by atoms with van der Waals surface area (Å²) in [4.78, 5) is 16.3. The standard InChI is InChI=1S/C37H12Br8Cl6N4/c38-22-24(40)32-20(17-12(48)6-2-7-13(17)49)34-26(42)28(44)36(54-34)37-29(45)27(43)35(55-37)21(18-14(50)8-3-9-15(18)51)33-25(41)23(39)31(53-33)19(30(22)52-32)16-10(46)4-1-5-11(16)47/h1-9,52-54H. The van der Waals surface area contributed by atoms with Crippen LogP contribution in [0.25, 0.3) is 75.4 Å². The van der Waals surface area contributed by atoms with Crippen molar-refractivity contribution in [3.63, 3.8) is 0 Å². The fraction of sp³-hybridized carbons (Fsp3) is 0. The molecule has 278 valence electrons. The molecule has 0 saturated heterocycles. The number of rotatable bonds is 3. The highest BCUT2D eigenvalue weighted by Crippen LogP contribution is 2.54. The van der Waals surface area contributed by atoms with E-state index in [1.165, 1.54) is 0 Å². The van der Waals surface area contributed by atoms with Crippen molar-refractivity contribution >= 4 is 239 Å². The maximum atomic E-state index is 7.06. The summed E-state index contributed by atoms with van der Waals surface area (Å²) in [5.41, 5.74) is 8.37. The second kappa shape index (κ2) is 16.1. The molecule has 5 heterocycles. The number of nitrogens with zero attached hydrogens (tertiary/aromatic N) is 1. The van der Waals surface area contributed by atoms with Crippen molar-refractivity contribution in [2.75, 3.05) is 0 Å². The lowest BCUT2D eigenvalue weighted by Crippen LogP contribution is -1.90. The summed E-state index contributed by atoms with van der Waals surface area (Å²) < 4.78 is 5.30. The molecule has 4 nitrogen and oxygen atoms in total. The molecular weight excluding hydrogens is 1350 g/mol. The van der Waals surface area contributed by atoms with Crippen LogP contribution in [0.5, 0.6) is 0 Å². The predicted octanol–water partition coefficient (Wildman–Crippen LogP) is 19.6. The molecule has 55 heavy (non-hydrogen) atoms. The second-order valence-corrected chi connectivity index (χ2v) is 20.6. The molecule has 1 aliphatic rings. The van der Waals surface area contributed by atoms with E-state index in [0.717, 1.165) is 0 Å². The number of hydrogen-bond donors (Lipinski definition) is 3. The number of benzene rings is 3. The summed E-state index contributed by atoms with van der Waals surface area (Å²) in [6, 6.07) is 16.1. The molecule has 0 atom stereocenters. The topological polar surface area (TPSA) is 60.3 Å². The lowest BCUT2D eigenvalue weighted by atomic mass is 10.0. The van der Waals surface area contributed by atoms with E-state index in [2.05, 4.69) is 142 Å². The van der Waals surface area contributed by atoms with Gasteiger partial charge in [0, 0.05) is 33.4 Å². The van der Waals surface area contributed by atoms with Gasteiger partial charge in [-0.1, -0.05) is 87.8 Å². The molecule has 8 bridgehead atoms. The SMILES string of the molecule is Clc1cccc(Cl)c1-c1c2nc(c3[nH]c(c(Br)c3Br)c(-c3c(Cl)cccc3Cl)c3[nH]c(c(Br)c3Br)c(-c3c(Cl)cccc3Cl)c3[nH]c1c(Br)c3Br)C(Br)=C2Br. The molecule has 0 unspecified atom stereocenters. The number of fused-ring (bicyclic) bond motifs is 9. The predicted molar refractivity (Wildman–Crippen MR) is 263 cm³/mol. The van der Waals surface area contributed by atoms with Gasteiger partial charge in [-0.05, 0) is 164 Å². The molecule has 3 aromatic carbocycles. The molecule has 0 aliphatic carbocycles. The van der Waals surface area contributed by atoms with Crippen LogP contribution in [0.2, 0.25) is 30.1 Å². The first-order chi connectivity index (χ1) is 26.1. The van der Waals surface area contributed by atoms with Gasteiger partial charge in [-0.2, -0.15) is 0 Å². The molecule has 1 aliphatic heterocycles. The summed E-state index contributed by atoms with van der Waals surface area (Å²) >= 11 is 73.3. The zero-order chi connectivity index (χ0) is 39.4. The van der Waals surface area contributed by atoms with E-state index >= 15 is 0 Å². The minimum atomic E-state index is 0.408. The van der Waals surface area contributed by atoms with E-state index < -0.39 is 0 Å². The number of aromatic amines is 3. The fourth-order valence-corrected chi connectivity index (χ4v) is 12.1. The maximum absolute atomic E-state index is 7.06. The van der Waals surface area contributed by atoms with Gasteiger partial charge < -0.3 is 15.0 Å². The minimum absolute atomic E-state index is 0.408. The van der Waals surface area contributed by atoms with Crippen molar-refractivity contribution in [2.24, 2.45) is 0 Å². The van der Waals surface area contributed by atoms with Crippen LogP contribution in [0, 0.1) is 0 Å². The monoisotopic (exact) mass is 1350 g/mol. The first-order valence-corrected chi connectivity index (χ1v) is 23.9. The molecule has 0 spiro atoms. The van der Waals surface area contributed by atoms with Crippen LogP contribution in [-0.2, 0) is 0 Å². The average Bonchev–Trinajstić information content (AvgIpc) is 3.80. The lowest BCUT2D eigenvalue weighted by molar-refractivity contribution is 1.31. The van der Waals surface area contributed by atoms with Crippen molar-refractivity contribution in [2.45, 2.75) is 0 Å². The van der Waals surface area contributed by atoms with Crippen molar-refractivity contribution in [1.82, 2.24) is 19.9 Å². The van der Waals surface area contributed by atoms with Gasteiger partial charge in [0.15, 0.2) is 0 Å². The quantitative estimate of drug-likeness (QED) is 0.162. The van der Waals surface area contributed by atoms with E-state index in [4.69, 9.17) is 74.6 Å². The molecule has 0 fully saturated rings. The lowest BCUT2D eigenvalue weighted by Gasteiger charge is -2.11. The summed E-state index contributed by atoms with van der Waals surface area (Å²) in [6.45, 7) is 0. The highest BCUT2D eigenvalue weighted by atomic mass is 79.9. The zero-order valence-electron chi connectivity index (χ0n) is 26.4. The fourth-order valence-electron chi connectivity index (χ4n) is 6.46. The number of hydrogen-bond acceptors (Lipinski definition) is 1. The van der Waals surface area contributed by atoms with E-state index in [1.807, 2.05) is 0 Å². The Kier molecular flexibility index (Phi) is 12.2. The van der Waals surface area contributed by atoms with Gasteiger partial charge in [0.2, 0.25) is 0 Å². The Balaban J connectivity index is 1.79. The number of H-pyrrole nitrogens is 3. The summed E-state index contributed by atoms with van der Waals surface area (Å²) in [6.07, 6.45) is 0. The highest BCUT2D eigenvalue weighted by molar-refractivity contribution is 9.18. The Morgan fingerprint density at radius 2 is 0.582 bits per heavy atom. The smallest absolute Gasteiger partial charge is 0.104 e. The molecule has 7 aromatic rings. The van der Waals surface area contributed by atoms with Crippen molar-refractivity contribution in [3.05, 3.63) is 123 Å². The summed E-state index contributed by atoms with van der Waals surface area (Å²) in [5.74, 6) is 0. The van der Waals surface area contributed by atoms with Crippen LogP contribution < -0.4 is 0 Å². The Morgan fingerprint density at radius 3 is 0.927 bits per heavy atom. The number of halogens is 14. The molecule has 0 radical (unpaired) electrons. The molecule has 3 N–H and O–H groups in total. The Labute approximate surface area is 409 Å². The third-order valence-electron chi connectivity index (χ3n) is 8.84. The Morgan fingerprint density at radius 1 is 0.327 bits per heavy atom. The van der Waals surface area contributed by atoms with E-state index in [-0.39, 0.29) is 0 Å². The van der Waals surface area contributed by atoms with Gasteiger partial charge in [0.25, 0.3) is 0 Å². The second-order valence-electron chi connectivity index (χ2n) is 11.9. The number of aromatic nitrogens is 4. The zero-order valence-corrected chi connectivity index (χ0v) is 43.7. The van der Waals surface area contributed by atoms with Crippen LogP contribution in [0.1, 0.15) is 11.4 Å². The third-order valence-corrected chi connectivity index (χ3v) is 19.2. The minimum Gasteiger partial charge on any atom is -0.352 e. The normalized spacial score (nSPS) is 12.5. The molecule has 0 amide bonds. The summed E-state index contributed by atoms with van der Waals surface area (Å²) in [7, 11) is 0. The van der Waals surface area contributed by atoms with Crippen LogP contribution in [0.4, 0.5) is 0 Å². The van der Waals surface area contributed by atoms with Crippen molar-refractivity contribution < 1.29 is 0 Å². The Hall–Kier alpha value is -0.0300. The van der Waals surface area contributed by atoms with Gasteiger partial charge in [0.1, 0.15) is 5.69 Å². The highest BCUT2D eigenvalue weighted by Gasteiger charge is 2.30. The number of nitrogens with one attached hydrogen (secondary N) is 3. The van der Waals surface area contributed by atoms with Gasteiger partial charge in [0.05, 0.1) is 105 Å². The van der Waals surface area contributed by atoms with Gasteiger partial charge in [-0.25, -0.2) is 4.98 Å². The molecule has 4 aromatic heterocycles. The average molecular weight is 1360 g/mol. The summed E-state index contributed by atoms with van der Waals surface area (Å²) in [5, 5.41) is 2.48. The van der Waals surface area contributed by atoms with Gasteiger partial charge in [-0.15, -0.1) is 0 Å². The molecule has 0 saturated carbocycles. The first-order valence-electron chi connectivity index (χ1n) is 15.3. The third kappa shape index (κ3) is 6.84. The van der Waals surface area contributed by atoms with E-state index in [9.17, 15) is 0 Å². The van der Waals surface area contributed by atoms with Crippen LogP contribution in [0.15, 0.2) is 81.4 Å². The van der Waals surface area contributed by atoms with Crippen LogP contribution >= 0.6 is 197 Å². The van der Waals surface area contributed by atoms with E-state index in [1.54, 1.807) is 54.6 Å². The van der Waals surface area contributed by atoms with Crippen LogP contribution in [-0.4, -0.2) is 19.9 Å². The van der Waals surface area contributed by atoms with Crippen molar-refractivity contribution in [1.29, 1.82) is 0 Å². The van der Waals surface area contributed by atoms with Crippen molar-refractivity contribution in [3.8, 4) is 33.4 Å². The van der Waals surface area contributed by atoms with Gasteiger partial charge >= 0.3 is 0 Å². The van der Waals surface area contributed by atoms with Crippen LogP contribution in [0.3, 0.4) is 0 Å². The Bertz CT molecular complexity index is 2950.